The second kappa shape index (κ2) is 6.14. The van der Waals surface area contributed by atoms with Crippen molar-refractivity contribution in [3.05, 3.63) is 29.8 Å². The summed E-state index contributed by atoms with van der Waals surface area (Å²) in [6.07, 6.45) is 3.08. The van der Waals surface area contributed by atoms with Crippen molar-refractivity contribution in [2.24, 2.45) is 0 Å². The molecule has 1 aliphatic rings. The second-order valence-corrected chi connectivity index (χ2v) is 5.53. The van der Waals surface area contributed by atoms with Crippen LogP contribution >= 0.6 is 0 Å². The van der Waals surface area contributed by atoms with E-state index in [9.17, 15) is 8.42 Å². The summed E-state index contributed by atoms with van der Waals surface area (Å²) in [5, 5.41) is 0. The van der Waals surface area contributed by atoms with E-state index in [2.05, 4.69) is 6.92 Å². The first-order valence-electron chi connectivity index (χ1n) is 5.55. The average molecular weight is 258 g/mol. The molecule has 1 aromatic carbocycles. The Morgan fingerprint density at radius 1 is 1.29 bits per heavy atom. The molecule has 0 aliphatic carbocycles. The highest BCUT2D eigenvalue weighted by molar-refractivity contribution is 7.85. The van der Waals surface area contributed by atoms with Crippen molar-refractivity contribution in [2.45, 2.75) is 37.7 Å². The van der Waals surface area contributed by atoms with E-state index in [0.717, 1.165) is 12.2 Å². The van der Waals surface area contributed by atoms with Crippen LogP contribution in [0.2, 0.25) is 0 Å². The summed E-state index contributed by atoms with van der Waals surface area (Å²) < 4.78 is 34.7. The van der Waals surface area contributed by atoms with Crippen molar-refractivity contribution < 1.29 is 17.7 Å². The zero-order chi connectivity index (χ0) is 12.9. The van der Waals surface area contributed by atoms with E-state index in [1.807, 2.05) is 6.92 Å². The maximum atomic E-state index is 10.5. The molecule has 2 rings (SSSR count). The van der Waals surface area contributed by atoms with Crippen molar-refractivity contribution in [3.63, 3.8) is 0 Å². The fourth-order valence-electron chi connectivity index (χ4n) is 1.45. The van der Waals surface area contributed by atoms with Gasteiger partial charge in [0.1, 0.15) is 0 Å². The predicted octanol–water partition coefficient (Wildman–Crippen LogP) is 2.43. The molecule has 1 saturated heterocycles. The van der Waals surface area contributed by atoms with Crippen LogP contribution in [0.5, 0.6) is 0 Å². The lowest BCUT2D eigenvalue weighted by Crippen LogP contribution is -1.96. The van der Waals surface area contributed by atoms with Gasteiger partial charge in [-0.05, 0) is 38.8 Å². The van der Waals surface area contributed by atoms with Gasteiger partial charge in [0.05, 0.1) is 11.0 Å². The molecule has 1 atom stereocenters. The Morgan fingerprint density at radius 3 is 2.18 bits per heavy atom. The molecule has 1 unspecified atom stereocenters. The van der Waals surface area contributed by atoms with E-state index in [-0.39, 0.29) is 4.90 Å². The summed E-state index contributed by atoms with van der Waals surface area (Å²) in [4.78, 5) is -0.0666. The van der Waals surface area contributed by atoms with Gasteiger partial charge in [0.25, 0.3) is 10.1 Å². The standard InChI is InChI=1S/C7H8O3S.C5H10O/c1-6-2-4-7(5-3-6)11(8,9)10;1-5-3-2-4-6-5/h2-5H,1H3,(H,8,9,10);5H,2-4H2,1H3. The minimum Gasteiger partial charge on any atom is -0.379 e. The van der Waals surface area contributed by atoms with E-state index in [1.165, 1.54) is 25.0 Å². The minimum absolute atomic E-state index is 0.0666. The van der Waals surface area contributed by atoms with Crippen LogP contribution in [0.3, 0.4) is 0 Å². The summed E-state index contributed by atoms with van der Waals surface area (Å²) in [6.45, 7) is 4.95. The molecule has 0 radical (unpaired) electrons. The van der Waals surface area contributed by atoms with Crippen LogP contribution in [0.4, 0.5) is 0 Å². The summed E-state index contributed by atoms with van der Waals surface area (Å²) in [5.74, 6) is 0. The summed E-state index contributed by atoms with van der Waals surface area (Å²) in [6, 6.07) is 5.99. The Kier molecular flexibility index (Phi) is 5.11. The molecule has 5 heteroatoms. The van der Waals surface area contributed by atoms with Gasteiger partial charge < -0.3 is 4.74 Å². The largest absolute Gasteiger partial charge is 0.379 e. The molecule has 1 fully saturated rings. The topological polar surface area (TPSA) is 63.6 Å². The molecule has 17 heavy (non-hydrogen) atoms. The van der Waals surface area contributed by atoms with Crippen molar-refractivity contribution in [3.8, 4) is 0 Å². The average Bonchev–Trinajstić information content (AvgIpc) is 2.69. The lowest BCUT2D eigenvalue weighted by molar-refractivity contribution is 0.125. The molecular weight excluding hydrogens is 240 g/mol. The lowest BCUT2D eigenvalue weighted by atomic mass is 10.2. The molecule has 0 saturated carbocycles. The molecule has 4 nitrogen and oxygen atoms in total. The Bertz CT molecular complexity index is 430. The molecule has 96 valence electrons. The first-order valence-corrected chi connectivity index (χ1v) is 6.99. The summed E-state index contributed by atoms with van der Waals surface area (Å²) in [7, 11) is -4.02. The van der Waals surface area contributed by atoms with Gasteiger partial charge in [-0.2, -0.15) is 8.42 Å². The number of benzene rings is 1. The Balaban J connectivity index is 0.000000202. The monoisotopic (exact) mass is 258 g/mol. The van der Waals surface area contributed by atoms with Gasteiger partial charge in [-0.3, -0.25) is 4.55 Å². The fourth-order valence-corrected chi connectivity index (χ4v) is 1.93. The van der Waals surface area contributed by atoms with E-state index in [4.69, 9.17) is 9.29 Å². The second-order valence-electron chi connectivity index (χ2n) is 4.11. The van der Waals surface area contributed by atoms with Crippen LogP contribution < -0.4 is 0 Å². The van der Waals surface area contributed by atoms with Crippen LogP contribution in [0.25, 0.3) is 0 Å². The zero-order valence-electron chi connectivity index (χ0n) is 10.1. The van der Waals surface area contributed by atoms with Crippen molar-refractivity contribution >= 4 is 10.1 Å². The quantitative estimate of drug-likeness (QED) is 0.786. The van der Waals surface area contributed by atoms with Crippen LogP contribution in [0.15, 0.2) is 29.2 Å². The molecule has 0 spiro atoms. The highest BCUT2D eigenvalue weighted by Gasteiger charge is 2.07. The smallest absolute Gasteiger partial charge is 0.294 e. The SMILES string of the molecule is CC1CCCO1.Cc1ccc(S(=O)(=O)O)cc1. The maximum absolute atomic E-state index is 10.5. The Hall–Kier alpha value is -0.910. The van der Waals surface area contributed by atoms with Crippen molar-refractivity contribution in [2.75, 3.05) is 6.61 Å². The lowest BCUT2D eigenvalue weighted by Gasteiger charge is -1.95. The first kappa shape index (κ1) is 14.2. The molecule has 0 aromatic heterocycles. The number of aryl methyl sites for hydroxylation is 1. The maximum Gasteiger partial charge on any atom is 0.294 e. The van der Waals surface area contributed by atoms with Gasteiger partial charge in [-0.15, -0.1) is 0 Å². The zero-order valence-corrected chi connectivity index (χ0v) is 10.9. The summed E-state index contributed by atoms with van der Waals surface area (Å²) in [5.41, 5.74) is 0.956. The Labute approximate surface area is 102 Å². The first-order chi connectivity index (χ1) is 7.89. The molecule has 1 heterocycles. The van der Waals surface area contributed by atoms with Crippen molar-refractivity contribution in [1.29, 1.82) is 0 Å². The van der Waals surface area contributed by atoms with Gasteiger partial charge >= 0.3 is 0 Å². The Morgan fingerprint density at radius 2 is 1.88 bits per heavy atom. The number of hydrogen-bond acceptors (Lipinski definition) is 3. The van der Waals surface area contributed by atoms with E-state index >= 15 is 0 Å². The van der Waals surface area contributed by atoms with Gasteiger partial charge in [0.15, 0.2) is 0 Å². The van der Waals surface area contributed by atoms with E-state index < -0.39 is 10.1 Å². The number of rotatable bonds is 1. The third-order valence-corrected chi connectivity index (χ3v) is 3.34. The third kappa shape index (κ3) is 5.30. The minimum atomic E-state index is -4.02. The van der Waals surface area contributed by atoms with Crippen molar-refractivity contribution in [1.82, 2.24) is 0 Å². The fraction of sp³-hybridized carbons (Fsp3) is 0.500. The molecular formula is C12H18O4S. The van der Waals surface area contributed by atoms with Crippen LogP contribution in [0.1, 0.15) is 25.3 Å². The molecule has 0 amide bonds. The predicted molar refractivity (Wildman–Crippen MR) is 65.6 cm³/mol. The van der Waals surface area contributed by atoms with Gasteiger partial charge in [0, 0.05) is 6.61 Å². The van der Waals surface area contributed by atoms with Gasteiger partial charge in [-0.1, -0.05) is 17.7 Å². The summed E-state index contributed by atoms with van der Waals surface area (Å²) >= 11 is 0. The highest BCUT2D eigenvalue weighted by atomic mass is 32.2. The van der Waals surface area contributed by atoms with Crippen LogP contribution in [-0.4, -0.2) is 25.7 Å². The molecule has 1 N–H and O–H groups in total. The molecule has 0 bridgehead atoms. The number of hydrogen-bond donors (Lipinski definition) is 1. The van der Waals surface area contributed by atoms with Crippen LogP contribution in [-0.2, 0) is 14.9 Å². The normalized spacial score (nSPS) is 19.6. The van der Waals surface area contributed by atoms with E-state index in [0.29, 0.717) is 6.10 Å². The molecule has 1 aliphatic heterocycles. The molecule has 1 aromatic rings. The third-order valence-electron chi connectivity index (χ3n) is 2.48. The van der Waals surface area contributed by atoms with Crippen LogP contribution in [0, 0.1) is 6.92 Å². The number of ether oxygens (including phenoxy) is 1. The highest BCUT2D eigenvalue weighted by Crippen LogP contribution is 2.09. The van der Waals surface area contributed by atoms with E-state index in [1.54, 1.807) is 12.1 Å². The van der Waals surface area contributed by atoms with Gasteiger partial charge in [-0.25, -0.2) is 0 Å². The van der Waals surface area contributed by atoms with Gasteiger partial charge in [0.2, 0.25) is 0 Å².